The monoisotopic (exact) mass is 438 g/mol. The van der Waals surface area contributed by atoms with Gasteiger partial charge in [0.2, 0.25) is 11.8 Å². The van der Waals surface area contributed by atoms with Crippen LogP contribution in [0.25, 0.3) is 0 Å². The fourth-order valence-corrected chi connectivity index (χ4v) is 2.72. The van der Waals surface area contributed by atoms with E-state index in [2.05, 4.69) is 10.6 Å². The molecule has 0 unspecified atom stereocenters. The lowest BCUT2D eigenvalue weighted by Crippen LogP contribution is -2.50. The van der Waals surface area contributed by atoms with E-state index in [0.29, 0.717) is 19.8 Å². The minimum Gasteiger partial charge on any atom is -0.494 e. The minimum absolute atomic E-state index is 0.131. The van der Waals surface area contributed by atoms with Crippen LogP contribution in [-0.2, 0) is 30.3 Å². The summed E-state index contributed by atoms with van der Waals surface area (Å²) in [4.78, 5) is 35.6. The average molecular weight is 439 g/mol. The van der Waals surface area contributed by atoms with Gasteiger partial charge in [0, 0.05) is 26.1 Å². The molecule has 0 saturated carbocycles. The molecule has 1 rings (SSSR count). The van der Waals surface area contributed by atoms with E-state index in [1.807, 2.05) is 45.0 Å². The van der Waals surface area contributed by atoms with Crippen LogP contribution in [0.2, 0.25) is 0 Å². The zero-order chi connectivity index (χ0) is 23.1. The Bertz CT molecular complexity index is 673. The first-order valence-corrected chi connectivity index (χ1v) is 10.6. The molecular weight excluding hydrogens is 404 g/mol. The van der Waals surface area contributed by atoms with Crippen LogP contribution >= 0.6 is 0 Å². The summed E-state index contributed by atoms with van der Waals surface area (Å²) in [5.41, 5.74) is 0.827. The van der Waals surface area contributed by atoms with E-state index in [4.69, 9.17) is 19.3 Å². The maximum Gasteiger partial charge on any atom is 0.303 e. The van der Waals surface area contributed by atoms with E-state index < -0.39 is 30.1 Å². The Hall–Kier alpha value is -2.65. The van der Waals surface area contributed by atoms with Crippen LogP contribution in [0.3, 0.4) is 0 Å². The number of benzene rings is 1. The van der Waals surface area contributed by atoms with Crippen molar-refractivity contribution < 1.29 is 33.7 Å². The zero-order valence-electron chi connectivity index (χ0n) is 18.5. The topological polar surface area (TPSA) is 123 Å². The highest BCUT2D eigenvalue weighted by atomic mass is 16.7. The second kappa shape index (κ2) is 15.2. The van der Waals surface area contributed by atoms with Gasteiger partial charge in [-0.1, -0.05) is 19.1 Å². The highest BCUT2D eigenvalue weighted by Crippen LogP contribution is 2.14. The van der Waals surface area contributed by atoms with Gasteiger partial charge in [0.15, 0.2) is 6.29 Å². The zero-order valence-corrected chi connectivity index (χ0v) is 18.5. The summed E-state index contributed by atoms with van der Waals surface area (Å²) in [6.07, 6.45) is 0.0464. The molecule has 31 heavy (non-hydrogen) atoms. The number of rotatable bonds is 16. The number of nitrogens with one attached hydrogen (secondary N) is 2. The van der Waals surface area contributed by atoms with Crippen molar-refractivity contribution in [1.82, 2.24) is 10.6 Å². The normalized spacial score (nSPS) is 11.7. The Balaban J connectivity index is 2.80. The Morgan fingerprint density at radius 2 is 1.65 bits per heavy atom. The largest absolute Gasteiger partial charge is 0.494 e. The van der Waals surface area contributed by atoms with Gasteiger partial charge in [-0.2, -0.15) is 0 Å². The lowest BCUT2D eigenvalue weighted by Gasteiger charge is -2.22. The molecule has 1 atom stereocenters. The summed E-state index contributed by atoms with van der Waals surface area (Å²) in [7, 11) is 0. The molecule has 0 bridgehead atoms. The molecule has 2 amide bonds. The van der Waals surface area contributed by atoms with Gasteiger partial charge in [-0.15, -0.1) is 0 Å². The van der Waals surface area contributed by atoms with Gasteiger partial charge in [0.1, 0.15) is 11.8 Å². The lowest BCUT2D eigenvalue weighted by molar-refractivity contribution is -0.142. The third kappa shape index (κ3) is 11.4. The molecule has 9 nitrogen and oxygen atoms in total. The first kappa shape index (κ1) is 26.4. The molecule has 1 aromatic carbocycles. The van der Waals surface area contributed by atoms with Gasteiger partial charge in [-0.05, 0) is 38.0 Å². The van der Waals surface area contributed by atoms with Crippen molar-refractivity contribution in [2.75, 3.05) is 26.4 Å². The van der Waals surface area contributed by atoms with Gasteiger partial charge in [0.25, 0.3) is 0 Å². The Morgan fingerprint density at radius 3 is 2.19 bits per heavy atom. The van der Waals surface area contributed by atoms with E-state index in [1.54, 1.807) is 0 Å². The molecule has 0 aliphatic carbocycles. The number of ether oxygens (including phenoxy) is 3. The quantitative estimate of drug-likeness (QED) is 0.337. The molecule has 0 saturated heterocycles. The van der Waals surface area contributed by atoms with Gasteiger partial charge >= 0.3 is 5.97 Å². The van der Waals surface area contributed by atoms with Crippen molar-refractivity contribution in [3.05, 3.63) is 29.8 Å². The summed E-state index contributed by atoms with van der Waals surface area (Å²) in [6, 6.07) is 6.42. The maximum atomic E-state index is 12.8. The molecule has 0 aliphatic rings. The van der Waals surface area contributed by atoms with E-state index in [-0.39, 0.29) is 25.8 Å². The van der Waals surface area contributed by atoms with Crippen LogP contribution in [0.4, 0.5) is 0 Å². The van der Waals surface area contributed by atoms with Crippen molar-refractivity contribution in [2.45, 2.75) is 58.8 Å². The number of hydrogen-bond donors (Lipinski definition) is 3. The summed E-state index contributed by atoms with van der Waals surface area (Å²) >= 11 is 0. The first-order valence-electron chi connectivity index (χ1n) is 10.6. The van der Waals surface area contributed by atoms with E-state index in [1.165, 1.54) is 0 Å². The number of aliphatic carboxylic acids is 1. The fraction of sp³-hybridized carbons (Fsp3) is 0.591. The number of hydrogen-bond acceptors (Lipinski definition) is 6. The second-order valence-corrected chi connectivity index (χ2v) is 6.80. The Kier molecular flexibility index (Phi) is 12.9. The standard InChI is InChI=1S/C22H34N2O7/c1-4-13-31-17-9-7-16(8-10-17)14-18(24-19(25)11-12-20(26)27)22(28)23-15-21(29-5-2)30-6-3/h7-10,18,21H,4-6,11-15H2,1-3H3,(H,23,28)(H,24,25)(H,26,27)/t18-/m0/s1. The van der Waals surface area contributed by atoms with Crippen LogP contribution in [0.5, 0.6) is 5.75 Å². The van der Waals surface area contributed by atoms with Gasteiger partial charge in [0.05, 0.1) is 19.6 Å². The maximum absolute atomic E-state index is 12.8. The molecule has 0 fully saturated rings. The number of carbonyl (C=O) groups excluding carboxylic acids is 2. The molecule has 0 heterocycles. The average Bonchev–Trinajstić information content (AvgIpc) is 2.75. The first-order chi connectivity index (χ1) is 14.9. The van der Waals surface area contributed by atoms with Crippen molar-refractivity contribution in [3.8, 4) is 5.75 Å². The summed E-state index contributed by atoms with van der Waals surface area (Å²) in [5, 5.41) is 14.1. The van der Waals surface area contributed by atoms with Gasteiger partial charge in [-0.25, -0.2) is 0 Å². The summed E-state index contributed by atoms with van der Waals surface area (Å²) in [5.74, 6) is -1.25. The van der Waals surface area contributed by atoms with Gasteiger partial charge in [-0.3, -0.25) is 14.4 Å². The predicted molar refractivity (Wildman–Crippen MR) is 115 cm³/mol. The minimum atomic E-state index is -1.07. The van der Waals surface area contributed by atoms with E-state index in [0.717, 1.165) is 17.7 Å². The molecule has 174 valence electrons. The number of amides is 2. The van der Waals surface area contributed by atoms with E-state index in [9.17, 15) is 14.4 Å². The van der Waals surface area contributed by atoms with Crippen molar-refractivity contribution >= 4 is 17.8 Å². The molecule has 1 aromatic rings. The molecule has 0 aromatic heterocycles. The highest BCUT2D eigenvalue weighted by molar-refractivity contribution is 5.88. The SMILES string of the molecule is CCCOc1ccc(C[C@H](NC(=O)CCC(=O)O)C(=O)NCC(OCC)OCC)cc1. The molecule has 0 aliphatic heterocycles. The van der Waals surface area contributed by atoms with E-state index >= 15 is 0 Å². The number of carbonyl (C=O) groups is 3. The van der Waals surface area contributed by atoms with Crippen LogP contribution in [0, 0.1) is 0 Å². The molecule has 9 heteroatoms. The smallest absolute Gasteiger partial charge is 0.303 e. The molecule has 3 N–H and O–H groups in total. The molecule has 0 spiro atoms. The number of carboxylic acids is 1. The van der Waals surface area contributed by atoms with Crippen LogP contribution in [-0.4, -0.2) is 61.6 Å². The summed E-state index contributed by atoms with van der Waals surface area (Å²) in [6.45, 7) is 7.29. The van der Waals surface area contributed by atoms with Gasteiger partial charge < -0.3 is 30.0 Å². The third-order valence-electron chi connectivity index (χ3n) is 4.20. The Labute approximate surface area is 183 Å². The Morgan fingerprint density at radius 1 is 1.00 bits per heavy atom. The van der Waals surface area contributed by atoms with Crippen molar-refractivity contribution in [3.63, 3.8) is 0 Å². The fourth-order valence-electron chi connectivity index (χ4n) is 2.72. The van der Waals surface area contributed by atoms with Crippen molar-refractivity contribution in [1.29, 1.82) is 0 Å². The van der Waals surface area contributed by atoms with Crippen LogP contribution in [0.1, 0.15) is 45.6 Å². The molecule has 0 radical (unpaired) electrons. The van der Waals surface area contributed by atoms with Crippen molar-refractivity contribution in [2.24, 2.45) is 0 Å². The predicted octanol–water partition coefficient (Wildman–Crippen LogP) is 1.88. The summed E-state index contributed by atoms with van der Waals surface area (Å²) < 4.78 is 16.4. The second-order valence-electron chi connectivity index (χ2n) is 6.80. The lowest BCUT2D eigenvalue weighted by atomic mass is 10.0. The molecular formula is C22H34N2O7. The van der Waals surface area contributed by atoms with Crippen LogP contribution in [0.15, 0.2) is 24.3 Å². The van der Waals surface area contributed by atoms with Crippen LogP contribution < -0.4 is 15.4 Å². The highest BCUT2D eigenvalue weighted by Gasteiger charge is 2.23. The number of carboxylic acid groups (broad SMARTS) is 1. The third-order valence-corrected chi connectivity index (χ3v) is 4.20.